The van der Waals surface area contributed by atoms with Crippen LogP contribution in [0, 0.1) is 11.3 Å². The average molecular weight is 440 g/mol. The van der Waals surface area contributed by atoms with Crippen molar-refractivity contribution in [2.75, 3.05) is 12.3 Å². The van der Waals surface area contributed by atoms with Crippen molar-refractivity contribution in [1.82, 2.24) is 4.98 Å². The molecule has 3 rings (SSSR count). The van der Waals surface area contributed by atoms with Crippen LogP contribution in [0.3, 0.4) is 0 Å². The van der Waals surface area contributed by atoms with Gasteiger partial charge in [0.2, 0.25) is 0 Å². The normalized spacial score (nSPS) is 10.3. The van der Waals surface area contributed by atoms with Crippen LogP contribution in [0.2, 0.25) is 0 Å². The number of pyridine rings is 1. The second-order valence-corrected chi connectivity index (χ2v) is 7.94. The fraction of sp³-hybridized carbons (Fsp3) is 0.143. The van der Waals surface area contributed by atoms with Crippen molar-refractivity contribution < 1.29 is 19.1 Å². The van der Waals surface area contributed by atoms with Gasteiger partial charge in [0.25, 0.3) is 0 Å². The second kappa shape index (κ2) is 9.91. The predicted molar refractivity (Wildman–Crippen MR) is 113 cm³/mol. The lowest BCUT2D eigenvalue weighted by Gasteiger charge is -2.09. The number of carbonyl (C=O) groups excluding carboxylic acids is 2. The van der Waals surface area contributed by atoms with Crippen molar-refractivity contribution in [2.45, 2.75) is 23.5 Å². The Hall–Kier alpha value is -3.35. The van der Waals surface area contributed by atoms with E-state index >= 15 is 0 Å². The first-order valence-electron chi connectivity index (χ1n) is 8.88. The van der Waals surface area contributed by atoms with Gasteiger partial charge < -0.3 is 15.2 Å². The van der Waals surface area contributed by atoms with E-state index in [1.807, 2.05) is 36.4 Å². The van der Waals surface area contributed by atoms with Crippen LogP contribution in [-0.4, -0.2) is 23.5 Å². The number of aromatic nitrogens is 1. The minimum Gasteiger partial charge on any atom is -0.462 e. The number of rotatable bonds is 7. The molecule has 1 aromatic carbocycles. The van der Waals surface area contributed by atoms with E-state index in [4.69, 9.17) is 15.2 Å². The van der Waals surface area contributed by atoms with Crippen LogP contribution < -0.4 is 5.73 Å². The quantitative estimate of drug-likeness (QED) is 0.542. The molecule has 0 aliphatic rings. The summed E-state index contributed by atoms with van der Waals surface area (Å²) in [6.45, 7) is 1.57. The van der Waals surface area contributed by atoms with E-state index in [2.05, 4.69) is 4.98 Å². The fourth-order valence-electron chi connectivity index (χ4n) is 2.55. The van der Waals surface area contributed by atoms with E-state index < -0.39 is 11.9 Å². The maximum atomic E-state index is 12.7. The van der Waals surface area contributed by atoms with Gasteiger partial charge in [-0.15, -0.1) is 11.3 Å². The molecule has 0 atom stereocenters. The minimum absolute atomic E-state index is 0.112. The van der Waals surface area contributed by atoms with E-state index in [1.165, 1.54) is 11.8 Å². The van der Waals surface area contributed by atoms with E-state index in [0.717, 1.165) is 16.2 Å². The number of nitrogens with two attached hydrogens (primary N) is 1. The summed E-state index contributed by atoms with van der Waals surface area (Å²) in [5, 5.41) is 10.1. The van der Waals surface area contributed by atoms with Crippen molar-refractivity contribution in [1.29, 1.82) is 5.26 Å². The molecule has 3 aromatic rings. The highest BCUT2D eigenvalue weighted by Gasteiger charge is 2.24. The van der Waals surface area contributed by atoms with Gasteiger partial charge in [0.15, 0.2) is 0 Å². The summed E-state index contributed by atoms with van der Waals surface area (Å²) in [6, 6.07) is 14.7. The van der Waals surface area contributed by atoms with Gasteiger partial charge in [-0.2, -0.15) is 5.26 Å². The third-order valence-electron chi connectivity index (χ3n) is 3.90. The van der Waals surface area contributed by atoms with Gasteiger partial charge in [0, 0.05) is 16.7 Å². The number of thiophene rings is 1. The molecule has 7 nitrogen and oxygen atoms in total. The molecule has 0 spiro atoms. The molecule has 2 N–H and O–H groups in total. The summed E-state index contributed by atoms with van der Waals surface area (Å²) in [6.07, 6.45) is 1.59. The number of nitrogens with zero attached hydrogens (tertiary/aromatic N) is 2. The molecule has 0 unspecified atom stereocenters. The molecule has 0 saturated carbocycles. The van der Waals surface area contributed by atoms with Crippen LogP contribution in [0.25, 0.3) is 0 Å². The molecule has 2 aromatic heterocycles. The van der Waals surface area contributed by atoms with Crippen LogP contribution >= 0.6 is 23.1 Å². The molecule has 0 aliphatic carbocycles. The lowest BCUT2D eigenvalue weighted by Crippen LogP contribution is -2.11. The Morgan fingerprint density at radius 2 is 1.93 bits per heavy atom. The molecule has 152 valence electrons. The van der Waals surface area contributed by atoms with Gasteiger partial charge in [0.1, 0.15) is 27.6 Å². The summed E-state index contributed by atoms with van der Waals surface area (Å²) < 4.78 is 10.4. The average Bonchev–Trinajstić information content (AvgIpc) is 3.08. The van der Waals surface area contributed by atoms with Crippen LogP contribution in [0.5, 0.6) is 0 Å². The molecule has 0 saturated heterocycles. The number of hydrogen-bond donors (Lipinski definition) is 1. The smallest absolute Gasteiger partial charge is 0.348 e. The Bertz CT molecular complexity index is 1110. The fourth-order valence-corrected chi connectivity index (χ4v) is 4.36. The largest absolute Gasteiger partial charge is 0.462 e. The maximum Gasteiger partial charge on any atom is 0.348 e. The maximum absolute atomic E-state index is 12.7. The molecular formula is C21H17N3O4S2. The summed E-state index contributed by atoms with van der Waals surface area (Å²) in [7, 11) is 0. The molecular weight excluding hydrogens is 422 g/mol. The highest BCUT2D eigenvalue weighted by atomic mass is 32.2. The molecule has 2 heterocycles. The van der Waals surface area contributed by atoms with Crippen LogP contribution in [0.15, 0.2) is 58.6 Å². The summed E-state index contributed by atoms with van der Waals surface area (Å²) in [4.78, 5) is 30.3. The van der Waals surface area contributed by atoms with Crippen molar-refractivity contribution in [2.24, 2.45) is 0 Å². The van der Waals surface area contributed by atoms with Crippen molar-refractivity contribution in [3.63, 3.8) is 0 Å². The van der Waals surface area contributed by atoms with Gasteiger partial charge in [-0.3, -0.25) is 0 Å². The van der Waals surface area contributed by atoms with Crippen molar-refractivity contribution in [3.05, 3.63) is 70.2 Å². The van der Waals surface area contributed by atoms with Crippen molar-refractivity contribution in [3.8, 4) is 6.07 Å². The highest BCUT2D eigenvalue weighted by molar-refractivity contribution is 7.99. The number of nitrogen functional groups attached to an aromatic ring is 1. The Kier molecular flexibility index (Phi) is 7.06. The second-order valence-electron chi connectivity index (χ2n) is 5.83. The van der Waals surface area contributed by atoms with Gasteiger partial charge in [-0.1, -0.05) is 30.0 Å². The first-order chi connectivity index (χ1) is 14.5. The lowest BCUT2D eigenvalue weighted by molar-refractivity contribution is 0.0448. The SMILES string of the molecule is CCOC(=O)c1sc(N)c(C#N)c1COC(=O)c1cccnc1Sc1ccccc1. The first-order valence-corrected chi connectivity index (χ1v) is 10.5. The number of hydrogen-bond acceptors (Lipinski definition) is 9. The van der Waals surface area contributed by atoms with Crippen LogP contribution in [0.1, 0.15) is 38.1 Å². The molecule has 0 amide bonds. The van der Waals surface area contributed by atoms with E-state index in [0.29, 0.717) is 5.03 Å². The third kappa shape index (κ3) is 4.79. The summed E-state index contributed by atoms with van der Waals surface area (Å²) in [5.41, 5.74) is 6.49. The number of esters is 2. The zero-order valence-electron chi connectivity index (χ0n) is 16.0. The zero-order chi connectivity index (χ0) is 21.5. The van der Waals surface area contributed by atoms with Gasteiger partial charge in [-0.25, -0.2) is 14.6 Å². The number of anilines is 1. The molecule has 9 heteroatoms. The number of ether oxygens (including phenoxy) is 2. The molecule has 0 bridgehead atoms. The Labute approximate surface area is 181 Å². The van der Waals surface area contributed by atoms with Gasteiger partial charge in [0.05, 0.1) is 17.7 Å². The monoisotopic (exact) mass is 439 g/mol. The number of carbonyl (C=O) groups is 2. The number of benzene rings is 1. The van der Waals surface area contributed by atoms with Crippen LogP contribution in [-0.2, 0) is 16.1 Å². The predicted octanol–water partition coefficient (Wildman–Crippen LogP) is 4.28. The molecule has 30 heavy (non-hydrogen) atoms. The Balaban J connectivity index is 1.82. The van der Waals surface area contributed by atoms with E-state index in [9.17, 15) is 14.9 Å². The Morgan fingerprint density at radius 1 is 1.17 bits per heavy atom. The minimum atomic E-state index is -0.620. The van der Waals surface area contributed by atoms with Crippen molar-refractivity contribution >= 4 is 40.0 Å². The van der Waals surface area contributed by atoms with Gasteiger partial charge >= 0.3 is 11.9 Å². The summed E-state index contributed by atoms with van der Waals surface area (Å²) in [5.74, 6) is -1.23. The zero-order valence-corrected chi connectivity index (χ0v) is 17.6. The van der Waals surface area contributed by atoms with E-state index in [1.54, 1.807) is 25.3 Å². The third-order valence-corrected chi connectivity index (χ3v) is 5.97. The van der Waals surface area contributed by atoms with Gasteiger partial charge in [-0.05, 0) is 31.2 Å². The molecule has 0 radical (unpaired) electrons. The number of nitriles is 1. The summed E-state index contributed by atoms with van der Waals surface area (Å²) >= 11 is 2.27. The van der Waals surface area contributed by atoms with Crippen LogP contribution in [0.4, 0.5) is 5.00 Å². The standard InChI is InChI=1S/C21H17N3O4S2/c1-2-27-21(26)17-16(15(11-22)18(23)30-17)12-28-20(25)14-9-6-10-24-19(14)29-13-7-4-3-5-8-13/h3-10H,2,12,23H2,1H3. The first kappa shape index (κ1) is 21.4. The molecule has 0 aliphatic heterocycles. The highest BCUT2D eigenvalue weighted by Crippen LogP contribution is 2.33. The lowest BCUT2D eigenvalue weighted by atomic mass is 10.1. The topological polar surface area (TPSA) is 115 Å². The Morgan fingerprint density at radius 3 is 2.63 bits per heavy atom. The molecule has 0 fully saturated rings. The van der Waals surface area contributed by atoms with E-state index in [-0.39, 0.29) is 39.8 Å².